The Morgan fingerprint density at radius 2 is 1.71 bits per heavy atom. The molecule has 0 aromatic rings. The molecule has 17 heavy (non-hydrogen) atoms. The zero-order valence-corrected chi connectivity index (χ0v) is 10.2. The Morgan fingerprint density at radius 3 is 2.12 bits per heavy atom. The smallest absolute Gasteiger partial charge is 0.221 e. The first-order valence-corrected chi connectivity index (χ1v) is 6.25. The highest BCUT2D eigenvalue weighted by Crippen LogP contribution is 2.33. The average Bonchev–Trinajstić information content (AvgIpc) is 2.75. The molecule has 96 valence electrons. The quantitative estimate of drug-likeness (QED) is 0.656. The predicted octanol–water partition coefficient (Wildman–Crippen LogP) is 1.35. The summed E-state index contributed by atoms with van der Waals surface area (Å²) in [7, 11) is 0. The first-order valence-electron chi connectivity index (χ1n) is 6.25. The van der Waals surface area contributed by atoms with Crippen LogP contribution in [0.4, 0.5) is 0 Å². The van der Waals surface area contributed by atoms with E-state index in [1.54, 1.807) is 6.08 Å². The minimum Gasteiger partial charge on any atom is -0.369 e. The van der Waals surface area contributed by atoms with E-state index >= 15 is 0 Å². The van der Waals surface area contributed by atoms with Crippen LogP contribution >= 0.6 is 0 Å². The van der Waals surface area contributed by atoms with E-state index in [1.165, 1.54) is 12.8 Å². The summed E-state index contributed by atoms with van der Waals surface area (Å²) in [5.74, 6) is -1.28. The van der Waals surface area contributed by atoms with Crippen LogP contribution in [0.25, 0.3) is 0 Å². The number of allylic oxidation sites excluding steroid dienone is 1. The minimum atomic E-state index is -0.495. The van der Waals surface area contributed by atoms with Crippen LogP contribution in [0.2, 0.25) is 0 Å². The van der Waals surface area contributed by atoms with E-state index in [9.17, 15) is 9.59 Å². The molecule has 1 aliphatic rings. The second-order valence-corrected chi connectivity index (χ2v) is 4.93. The van der Waals surface area contributed by atoms with E-state index in [2.05, 4.69) is 6.58 Å². The van der Waals surface area contributed by atoms with Gasteiger partial charge < -0.3 is 11.5 Å². The third kappa shape index (κ3) is 3.88. The standard InChI is InChI=1S/C13H22N2O2/c1-2-5-10(12(14)16)11(13(15)17)8-9-6-3-4-7-9/h2,9-11H,1,3-8H2,(H2,14,16)(H2,15,17). The number of amides is 2. The molecule has 4 N–H and O–H groups in total. The van der Waals surface area contributed by atoms with Crippen molar-refractivity contribution in [2.45, 2.75) is 38.5 Å². The lowest BCUT2D eigenvalue weighted by Crippen LogP contribution is -2.38. The fourth-order valence-electron chi connectivity index (χ4n) is 2.74. The monoisotopic (exact) mass is 238 g/mol. The Hall–Kier alpha value is -1.32. The van der Waals surface area contributed by atoms with Crippen molar-refractivity contribution in [1.82, 2.24) is 0 Å². The first-order chi connectivity index (χ1) is 8.06. The van der Waals surface area contributed by atoms with Gasteiger partial charge in [0.15, 0.2) is 0 Å². The van der Waals surface area contributed by atoms with Gasteiger partial charge in [0.05, 0.1) is 5.92 Å². The zero-order chi connectivity index (χ0) is 12.8. The molecular weight excluding hydrogens is 216 g/mol. The lowest BCUT2D eigenvalue weighted by Gasteiger charge is -2.23. The summed E-state index contributed by atoms with van der Waals surface area (Å²) in [6, 6.07) is 0. The van der Waals surface area contributed by atoms with Crippen molar-refractivity contribution < 1.29 is 9.59 Å². The minimum absolute atomic E-state index is 0.414. The maximum atomic E-state index is 11.5. The molecule has 0 heterocycles. The Labute approximate surface area is 102 Å². The fourth-order valence-corrected chi connectivity index (χ4v) is 2.74. The van der Waals surface area contributed by atoms with Crippen molar-refractivity contribution >= 4 is 11.8 Å². The van der Waals surface area contributed by atoms with Gasteiger partial charge in [0.25, 0.3) is 0 Å². The predicted molar refractivity (Wildman–Crippen MR) is 66.8 cm³/mol. The van der Waals surface area contributed by atoms with Crippen LogP contribution in [0, 0.1) is 17.8 Å². The molecule has 1 fully saturated rings. The van der Waals surface area contributed by atoms with Gasteiger partial charge in [-0.1, -0.05) is 31.8 Å². The van der Waals surface area contributed by atoms with Crippen molar-refractivity contribution in [3.05, 3.63) is 12.7 Å². The molecule has 0 radical (unpaired) electrons. The molecule has 4 nitrogen and oxygen atoms in total. The molecule has 0 spiro atoms. The molecule has 0 aliphatic heterocycles. The molecule has 2 atom stereocenters. The molecule has 0 saturated heterocycles. The maximum Gasteiger partial charge on any atom is 0.221 e. The van der Waals surface area contributed by atoms with Crippen LogP contribution in [-0.2, 0) is 9.59 Å². The van der Waals surface area contributed by atoms with E-state index < -0.39 is 23.7 Å². The van der Waals surface area contributed by atoms with Gasteiger partial charge in [-0.05, 0) is 18.8 Å². The Morgan fingerprint density at radius 1 is 1.18 bits per heavy atom. The van der Waals surface area contributed by atoms with Crippen LogP contribution in [0.5, 0.6) is 0 Å². The SMILES string of the molecule is C=CCC(C(N)=O)C(CC1CCCC1)C(N)=O. The molecule has 0 aromatic carbocycles. The highest BCUT2D eigenvalue weighted by atomic mass is 16.2. The second-order valence-electron chi connectivity index (χ2n) is 4.93. The number of carbonyl (C=O) groups excluding carboxylic acids is 2. The van der Waals surface area contributed by atoms with Crippen molar-refractivity contribution in [2.24, 2.45) is 29.2 Å². The van der Waals surface area contributed by atoms with Crippen molar-refractivity contribution in [2.75, 3.05) is 0 Å². The molecule has 2 unspecified atom stereocenters. The number of primary amides is 2. The average molecular weight is 238 g/mol. The summed E-state index contributed by atoms with van der Waals surface area (Å²) in [6.45, 7) is 3.60. The highest BCUT2D eigenvalue weighted by Gasteiger charge is 2.32. The topological polar surface area (TPSA) is 86.2 Å². The van der Waals surface area contributed by atoms with E-state index in [0.717, 1.165) is 12.8 Å². The molecule has 0 bridgehead atoms. The summed E-state index contributed by atoms with van der Waals surface area (Å²) in [4.78, 5) is 22.9. The molecule has 2 amide bonds. The lowest BCUT2D eigenvalue weighted by atomic mass is 9.81. The molecule has 4 heteroatoms. The normalized spacial score (nSPS) is 19.8. The number of nitrogens with two attached hydrogens (primary N) is 2. The summed E-state index contributed by atoms with van der Waals surface area (Å²) < 4.78 is 0. The van der Waals surface area contributed by atoms with Crippen LogP contribution in [-0.4, -0.2) is 11.8 Å². The number of rotatable bonds is 7. The van der Waals surface area contributed by atoms with Gasteiger partial charge >= 0.3 is 0 Å². The van der Waals surface area contributed by atoms with E-state index in [1.807, 2.05) is 0 Å². The van der Waals surface area contributed by atoms with Gasteiger partial charge in [-0.15, -0.1) is 6.58 Å². The van der Waals surface area contributed by atoms with Gasteiger partial charge in [-0.25, -0.2) is 0 Å². The van der Waals surface area contributed by atoms with E-state index in [0.29, 0.717) is 18.8 Å². The zero-order valence-electron chi connectivity index (χ0n) is 10.2. The Balaban J connectivity index is 2.70. The third-order valence-electron chi connectivity index (χ3n) is 3.70. The Bertz CT molecular complexity index is 296. The molecule has 1 aliphatic carbocycles. The third-order valence-corrected chi connectivity index (χ3v) is 3.70. The molecular formula is C13H22N2O2. The van der Waals surface area contributed by atoms with Crippen LogP contribution in [0.3, 0.4) is 0 Å². The highest BCUT2D eigenvalue weighted by molar-refractivity contribution is 5.86. The molecule has 0 aromatic heterocycles. The maximum absolute atomic E-state index is 11.5. The molecule has 1 rings (SSSR count). The Kier molecular flexibility index (Phi) is 5.19. The summed E-state index contributed by atoms with van der Waals surface area (Å²) >= 11 is 0. The van der Waals surface area contributed by atoms with Crippen LogP contribution < -0.4 is 11.5 Å². The lowest BCUT2D eigenvalue weighted by molar-refractivity contribution is -0.132. The number of hydrogen-bond acceptors (Lipinski definition) is 2. The van der Waals surface area contributed by atoms with Crippen LogP contribution in [0.1, 0.15) is 38.5 Å². The largest absolute Gasteiger partial charge is 0.369 e. The first kappa shape index (κ1) is 13.7. The fraction of sp³-hybridized carbons (Fsp3) is 0.692. The second kappa shape index (κ2) is 6.42. The van der Waals surface area contributed by atoms with Crippen molar-refractivity contribution in [3.63, 3.8) is 0 Å². The van der Waals surface area contributed by atoms with Gasteiger partial charge in [-0.2, -0.15) is 0 Å². The van der Waals surface area contributed by atoms with Crippen LogP contribution in [0.15, 0.2) is 12.7 Å². The summed E-state index contributed by atoms with van der Waals surface area (Å²) in [5.41, 5.74) is 10.7. The van der Waals surface area contributed by atoms with Gasteiger partial charge in [0, 0.05) is 5.92 Å². The van der Waals surface area contributed by atoms with E-state index in [4.69, 9.17) is 11.5 Å². The van der Waals surface area contributed by atoms with E-state index in [-0.39, 0.29) is 0 Å². The van der Waals surface area contributed by atoms with Gasteiger partial charge in [0.1, 0.15) is 0 Å². The molecule has 1 saturated carbocycles. The van der Waals surface area contributed by atoms with Crippen molar-refractivity contribution in [1.29, 1.82) is 0 Å². The summed E-state index contributed by atoms with van der Waals surface area (Å²) in [5, 5.41) is 0. The summed E-state index contributed by atoms with van der Waals surface area (Å²) in [6.07, 6.45) is 7.41. The number of hydrogen-bond donors (Lipinski definition) is 2. The number of carbonyl (C=O) groups is 2. The van der Waals surface area contributed by atoms with Gasteiger partial charge in [0.2, 0.25) is 11.8 Å². The van der Waals surface area contributed by atoms with Gasteiger partial charge in [-0.3, -0.25) is 9.59 Å². The van der Waals surface area contributed by atoms with Crippen molar-refractivity contribution in [3.8, 4) is 0 Å².